The van der Waals surface area contributed by atoms with E-state index in [1.807, 2.05) is 0 Å². The lowest BCUT2D eigenvalue weighted by molar-refractivity contribution is -0.139. The van der Waals surface area contributed by atoms with Gasteiger partial charge in [0.25, 0.3) is 10.1 Å². The summed E-state index contributed by atoms with van der Waals surface area (Å²) in [7, 11) is -4.74. The molecule has 0 spiro atoms. The van der Waals surface area contributed by atoms with E-state index in [0.717, 1.165) is 18.9 Å². The summed E-state index contributed by atoms with van der Waals surface area (Å²) in [5.74, 6) is -1.48. The molecule has 0 fully saturated rings. The monoisotopic (exact) mass is 486 g/mol. The maximum Gasteiger partial charge on any atom is 0.333 e. The fourth-order valence-electron chi connectivity index (χ4n) is 3.76. The fourth-order valence-corrected chi connectivity index (χ4v) is 4.47. The summed E-state index contributed by atoms with van der Waals surface area (Å²) in [6.07, 6.45) is 2.72. The van der Waals surface area contributed by atoms with E-state index in [1.54, 1.807) is 19.1 Å². The van der Waals surface area contributed by atoms with Gasteiger partial charge in [-0.15, -0.1) is 0 Å². The standard InChI is InChI=1S/C24H26N2O7S/c1-14(2)24(29)33-12-8-4-3-7-11-26-21-18(34(30,31)32)13-17(25)19-20(21)23(28)16-10-6-5-9-15(16)22(19)27/h5-6,9-10,13,26H,1,3-4,7-8,11-12,25H2,2H3,(H,30,31,32). The Kier molecular flexibility index (Phi) is 7.53. The lowest BCUT2D eigenvalue weighted by Crippen LogP contribution is -2.25. The average molecular weight is 487 g/mol. The minimum absolute atomic E-state index is 0.0853. The molecule has 0 aliphatic heterocycles. The van der Waals surface area contributed by atoms with Crippen LogP contribution in [0.3, 0.4) is 0 Å². The summed E-state index contributed by atoms with van der Waals surface area (Å²) in [5, 5.41) is 2.92. The van der Waals surface area contributed by atoms with Crippen molar-refractivity contribution in [3.8, 4) is 0 Å². The van der Waals surface area contributed by atoms with Crippen molar-refractivity contribution in [2.75, 3.05) is 24.2 Å². The third-order valence-corrected chi connectivity index (χ3v) is 6.30. The number of nitrogens with one attached hydrogen (secondary N) is 1. The number of carbonyl (C=O) groups is 3. The van der Waals surface area contributed by atoms with Gasteiger partial charge in [0, 0.05) is 28.9 Å². The molecule has 0 heterocycles. The number of unbranched alkanes of at least 4 members (excludes halogenated alkanes) is 3. The van der Waals surface area contributed by atoms with Crippen molar-refractivity contribution < 1.29 is 32.1 Å². The highest BCUT2D eigenvalue weighted by atomic mass is 32.2. The molecule has 0 amide bonds. The Morgan fingerprint density at radius 3 is 2.24 bits per heavy atom. The molecular weight excluding hydrogens is 460 g/mol. The van der Waals surface area contributed by atoms with Crippen molar-refractivity contribution in [1.82, 2.24) is 0 Å². The van der Waals surface area contributed by atoms with E-state index in [0.29, 0.717) is 18.4 Å². The normalized spacial score (nSPS) is 12.6. The number of nitrogens with two attached hydrogens (primary N) is 1. The SMILES string of the molecule is C=C(C)C(=O)OCCCCCCNc1c(S(=O)(=O)O)cc(N)c2c1C(=O)c1ccccc1C2=O. The molecule has 4 N–H and O–H groups in total. The number of hydrogen-bond acceptors (Lipinski definition) is 8. The van der Waals surface area contributed by atoms with Gasteiger partial charge in [0.05, 0.1) is 23.4 Å². The molecule has 0 bridgehead atoms. The maximum absolute atomic E-state index is 13.2. The molecule has 0 aromatic heterocycles. The van der Waals surface area contributed by atoms with E-state index in [1.165, 1.54) is 12.1 Å². The first-order chi connectivity index (χ1) is 16.0. The largest absolute Gasteiger partial charge is 0.462 e. The minimum Gasteiger partial charge on any atom is -0.462 e. The van der Waals surface area contributed by atoms with Gasteiger partial charge in [0.1, 0.15) is 4.90 Å². The quantitative estimate of drug-likeness (QED) is 0.129. The molecule has 2 aromatic rings. The van der Waals surface area contributed by atoms with Gasteiger partial charge < -0.3 is 15.8 Å². The van der Waals surface area contributed by atoms with E-state index in [-0.39, 0.29) is 46.8 Å². The van der Waals surface area contributed by atoms with Crippen LogP contribution in [0.4, 0.5) is 11.4 Å². The molecule has 0 atom stereocenters. The van der Waals surface area contributed by atoms with Crippen LogP contribution < -0.4 is 11.1 Å². The molecule has 34 heavy (non-hydrogen) atoms. The van der Waals surface area contributed by atoms with Gasteiger partial charge >= 0.3 is 5.97 Å². The number of fused-ring (bicyclic) bond motifs is 2. The Balaban J connectivity index is 1.78. The Bertz CT molecular complexity index is 1280. The van der Waals surface area contributed by atoms with E-state index >= 15 is 0 Å². The summed E-state index contributed by atoms with van der Waals surface area (Å²) in [6.45, 7) is 5.62. The van der Waals surface area contributed by atoms with Crippen LogP contribution in [0.2, 0.25) is 0 Å². The molecule has 10 heteroatoms. The second-order valence-corrected chi connectivity index (χ2v) is 9.42. The van der Waals surface area contributed by atoms with Gasteiger partial charge in [-0.3, -0.25) is 14.1 Å². The topological polar surface area (TPSA) is 153 Å². The molecular formula is C24H26N2O7S. The van der Waals surface area contributed by atoms with Crippen LogP contribution in [0.25, 0.3) is 0 Å². The number of carbonyl (C=O) groups excluding carboxylic acids is 3. The van der Waals surface area contributed by atoms with Gasteiger partial charge in [-0.1, -0.05) is 37.3 Å². The molecule has 9 nitrogen and oxygen atoms in total. The van der Waals surface area contributed by atoms with Crippen molar-refractivity contribution in [2.45, 2.75) is 37.5 Å². The minimum atomic E-state index is -4.74. The fraction of sp³-hybridized carbons (Fsp3) is 0.292. The van der Waals surface area contributed by atoms with E-state index in [4.69, 9.17) is 10.5 Å². The zero-order chi connectivity index (χ0) is 25.0. The van der Waals surface area contributed by atoms with Gasteiger partial charge in [-0.25, -0.2) is 4.79 Å². The molecule has 0 unspecified atom stereocenters. The number of ether oxygens (including phenoxy) is 1. The van der Waals surface area contributed by atoms with Gasteiger partial charge in [-0.2, -0.15) is 8.42 Å². The van der Waals surface area contributed by atoms with Crippen LogP contribution >= 0.6 is 0 Å². The third kappa shape index (κ3) is 5.18. The number of esters is 1. The van der Waals surface area contributed by atoms with Crippen LogP contribution in [0.1, 0.15) is 64.4 Å². The smallest absolute Gasteiger partial charge is 0.333 e. The van der Waals surface area contributed by atoms with Crippen LogP contribution in [-0.2, 0) is 19.6 Å². The first-order valence-electron chi connectivity index (χ1n) is 10.7. The second-order valence-electron chi connectivity index (χ2n) is 8.03. The highest BCUT2D eigenvalue weighted by Crippen LogP contribution is 2.39. The molecule has 1 aliphatic rings. The Morgan fingerprint density at radius 1 is 1.06 bits per heavy atom. The lowest BCUT2D eigenvalue weighted by atomic mass is 9.82. The first-order valence-corrected chi connectivity index (χ1v) is 12.2. The lowest BCUT2D eigenvalue weighted by Gasteiger charge is -2.24. The van der Waals surface area contributed by atoms with Crippen molar-refractivity contribution in [1.29, 1.82) is 0 Å². The zero-order valence-electron chi connectivity index (χ0n) is 18.7. The van der Waals surface area contributed by atoms with Gasteiger partial charge in [-0.05, 0) is 32.3 Å². The van der Waals surface area contributed by atoms with Crippen molar-refractivity contribution in [2.24, 2.45) is 0 Å². The molecule has 0 saturated carbocycles. The number of nitrogen functional groups attached to an aromatic ring is 1. The number of rotatable bonds is 10. The van der Waals surface area contributed by atoms with Crippen LogP contribution in [0.5, 0.6) is 0 Å². The van der Waals surface area contributed by atoms with Crippen molar-refractivity contribution in [3.63, 3.8) is 0 Å². The summed E-state index contributed by atoms with van der Waals surface area (Å²) in [6, 6.07) is 7.21. The van der Waals surface area contributed by atoms with Crippen LogP contribution in [-0.4, -0.2) is 43.7 Å². The predicted molar refractivity (Wildman–Crippen MR) is 127 cm³/mol. The maximum atomic E-state index is 13.2. The Labute approximate surface area is 197 Å². The molecule has 1 aliphatic carbocycles. The summed E-state index contributed by atoms with van der Waals surface area (Å²) in [4.78, 5) is 37.1. The molecule has 0 saturated heterocycles. The van der Waals surface area contributed by atoms with E-state index in [9.17, 15) is 27.4 Å². The second kappa shape index (κ2) is 10.2. The zero-order valence-corrected chi connectivity index (χ0v) is 19.5. The first kappa shape index (κ1) is 25.1. The summed E-state index contributed by atoms with van der Waals surface area (Å²) >= 11 is 0. The third-order valence-electron chi connectivity index (χ3n) is 5.42. The Hall–Kier alpha value is -3.50. The van der Waals surface area contributed by atoms with Crippen molar-refractivity contribution in [3.05, 3.63) is 64.7 Å². The molecule has 2 aromatic carbocycles. The Morgan fingerprint density at radius 2 is 1.65 bits per heavy atom. The number of anilines is 2. The van der Waals surface area contributed by atoms with Crippen molar-refractivity contribution >= 4 is 39.0 Å². The van der Waals surface area contributed by atoms with Crippen LogP contribution in [0, 0.1) is 0 Å². The van der Waals surface area contributed by atoms with Gasteiger partial charge in [0.15, 0.2) is 11.6 Å². The molecule has 0 radical (unpaired) electrons. The number of ketones is 2. The molecule has 3 rings (SSSR count). The number of hydrogen-bond donors (Lipinski definition) is 3. The van der Waals surface area contributed by atoms with E-state index in [2.05, 4.69) is 11.9 Å². The van der Waals surface area contributed by atoms with E-state index < -0.39 is 32.5 Å². The highest BCUT2D eigenvalue weighted by molar-refractivity contribution is 7.86. The predicted octanol–water partition coefficient (Wildman–Crippen LogP) is 3.38. The average Bonchev–Trinajstić information content (AvgIpc) is 2.78. The summed E-state index contributed by atoms with van der Waals surface area (Å²) in [5.41, 5.74) is 6.02. The number of benzene rings is 2. The summed E-state index contributed by atoms with van der Waals surface area (Å²) < 4.78 is 38.9. The van der Waals surface area contributed by atoms with Gasteiger partial charge in [0.2, 0.25) is 0 Å². The van der Waals surface area contributed by atoms with Crippen LogP contribution in [0.15, 0.2) is 47.4 Å². The molecule has 180 valence electrons. The highest BCUT2D eigenvalue weighted by Gasteiger charge is 2.36.